The predicted molar refractivity (Wildman–Crippen MR) is 148 cm³/mol. The van der Waals surface area contributed by atoms with Gasteiger partial charge in [0.1, 0.15) is 5.75 Å². The van der Waals surface area contributed by atoms with Gasteiger partial charge in [-0.2, -0.15) is 18.4 Å². The zero-order valence-corrected chi connectivity index (χ0v) is 23.4. The van der Waals surface area contributed by atoms with E-state index in [9.17, 15) is 23.5 Å². The molecule has 2 atom stereocenters. The molecular weight excluding hydrogens is 485 g/mol. The average molecular weight is 523 g/mol. The van der Waals surface area contributed by atoms with Crippen molar-refractivity contribution in [3.8, 4) is 11.8 Å². The lowest BCUT2D eigenvalue weighted by Gasteiger charge is -2.31. The van der Waals surface area contributed by atoms with Gasteiger partial charge >= 0.3 is 6.18 Å². The minimum atomic E-state index is -4.46. The zero-order chi connectivity index (χ0) is 28.6. The first-order valence-electron chi connectivity index (χ1n) is 12.7. The Morgan fingerprint density at radius 2 is 1.18 bits per heavy atom. The van der Waals surface area contributed by atoms with Crippen LogP contribution in [0.4, 0.5) is 18.9 Å². The van der Waals surface area contributed by atoms with E-state index in [2.05, 4.69) is 6.07 Å². The van der Waals surface area contributed by atoms with E-state index in [0.29, 0.717) is 5.56 Å². The first-order chi connectivity index (χ1) is 17.4. The average Bonchev–Trinajstić information content (AvgIpc) is 2.81. The van der Waals surface area contributed by atoms with E-state index >= 15 is 0 Å². The highest BCUT2D eigenvalue weighted by atomic mass is 19.4. The first kappa shape index (κ1) is 29.1. The third kappa shape index (κ3) is 6.15. The van der Waals surface area contributed by atoms with Gasteiger partial charge in [-0.3, -0.25) is 0 Å². The summed E-state index contributed by atoms with van der Waals surface area (Å²) in [6.45, 7) is 12.1. The van der Waals surface area contributed by atoms with Crippen molar-refractivity contribution < 1.29 is 18.3 Å². The molecule has 3 aromatic carbocycles. The number of alkyl halides is 3. The van der Waals surface area contributed by atoms with Gasteiger partial charge in [0.15, 0.2) is 0 Å². The fourth-order valence-corrected chi connectivity index (χ4v) is 4.76. The Kier molecular flexibility index (Phi) is 7.94. The molecule has 0 aliphatic heterocycles. The maximum absolute atomic E-state index is 13.3. The Morgan fingerprint density at radius 3 is 1.55 bits per heavy atom. The summed E-state index contributed by atoms with van der Waals surface area (Å²) in [7, 11) is 3.88. The molecule has 6 heteroatoms. The summed E-state index contributed by atoms with van der Waals surface area (Å²) in [4.78, 5) is 1.98. The molecule has 2 unspecified atom stereocenters. The fraction of sp³-hybridized carbons (Fsp3) is 0.406. The number of hydrogen-bond acceptors (Lipinski definition) is 3. The molecule has 1 N–H and O–H groups in total. The van der Waals surface area contributed by atoms with Crippen molar-refractivity contribution in [2.24, 2.45) is 0 Å². The molecule has 0 saturated heterocycles. The molecule has 38 heavy (non-hydrogen) atoms. The zero-order valence-electron chi connectivity index (χ0n) is 23.4. The lowest BCUT2D eigenvalue weighted by molar-refractivity contribution is -0.137. The van der Waals surface area contributed by atoms with Crippen LogP contribution in [-0.4, -0.2) is 19.2 Å². The molecule has 0 heterocycles. The normalized spacial score (nSPS) is 14.1. The highest BCUT2D eigenvalue weighted by Crippen LogP contribution is 2.46. The highest BCUT2D eigenvalue weighted by molar-refractivity contribution is 5.55. The Hall–Kier alpha value is -3.46. The monoisotopic (exact) mass is 522 g/mol. The maximum atomic E-state index is 13.3. The summed E-state index contributed by atoms with van der Waals surface area (Å²) in [5.41, 5.74) is 3.22. The number of anilines is 1. The highest BCUT2D eigenvalue weighted by Gasteiger charge is 2.34. The Balaban J connectivity index is 2.32. The van der Waals surface area contributed by atoms with Crippen LogP contribution in [0.5, 0.6) is 5.75 Å². The molecule has 0 saturated carbocycles. The SMILES string of the molecule is CN(C)c1ccc(C(c2cc(C(C)(C)C)c(O)c(C(C)(C)C)c2)C(C#N)c2ccc(C(F)(F)F)cc2)cc1. The number of phenolic OH excluding ortho intramolecular Hbond substituents is 1. The van der Waals surface area contributed by atoms with Crippen molar-refractivity contribution in [3.63, 3.8) is 0 Å². The molecule has 3 rings (SSSR count). The van der Waals surface area contributed by atoms with E-state index in [4.69, 9.17) is 0 Å². The van der Waals surface area contributed by atoms with Crippen LogP contribution in [0.25, 0.3) is 0 Å². The van der Waals surface area contributed by atoms with E-state index in [1.54, 1.807) is 0 Å². The molecule has 0 bridgehead atoms. The van der Waals surface area contributed by atoms with Crippen LogP contribution in [0.15, 0.2) is 60.7 Å². The van der Waals surface area contributed by atoms with Gasteiger partial charge in [-0.15, -0.1) is 0 Å². The maximum Gasteiger partial charge on any atom is 0.416 e. The van der Waals surface area contributed by atoms with Gasteiger partial charge in [0, 0.05) is 25.7 Å². The molecule has 0 aliphatic carbocycles. The van der Waals surface area contributed by atoms with Gasteiger partial charge in [-0.1, -0.05) is 77.9 Å². The number of aromatic hydroxyl groups is 1. The van der Waals surface area contributed by atoms with Crippen molar-refractivity contribution in [3.05, 3.63) is 94.0 Å². The summed E-state index contributed by atoms with van der Waals surface area (Å²) in [5.74, 6) is -0.998. The predicted octanol–water partition coefficient (Wildman–Crippen LogP) is 8.51. The molecule has 3 aromatic rings. The van der Waals surface area contributed by atoms with Crippen molar-refractivity contribution in [1.29, 1.82) is 5.26 Å². The third-order valence-electron chi connectivity index (χ3n) is 6.95. The van der Waals surface area contributed by atoms with Crippen LogP contribution in [-0.2, 0) is 17.0 Å². The fourth-order valence-electron chi connectivity index (χ4n) is 4.76. The van der Waals surface area contributed by atoms with E-state index < -0.39 is 23.6 Å². The van der Waals surface area contributed by atoms with Crippen LogP contribution in [0.1, 0.15) is 86.8 Å². The second kappa shape index (κ2) is 10.4. The number of halogens is 3. The number of phenols is 1. The van der Waals surface area contributed by atoms with Crippen molar-refractivity contribution in [1.82, 2.24) is 0 Å². The van der Waals surface area contributed by atoms with Crippen molar-refractivity contribution in [2.45, 2.75) is 70.4 Å². The van der Waals surface area contributed by atoms with E-state index in [0.717, 1.165) is 40.1 Å². The summed E-state index contributed by atoms with van der Waals surface area (Å²) in [6.07, 6.45) is -4.46. The summed E-state index contributed by atoms with van der Waals surface area (Å²) in [6, 6.07) is 19.0. The van der Waals surface area contributed by atoms with E-state index in [1.165, 1.54) is 12.1 Å². The van der Waals surface area contributed by atoms with Crippen LogP contribution in [0.2, 0.25) is 0 Å². The molecule has 0 amide bonds. The molecule has 202 valence electrons. The molecule has 3 nitrogen and oxygen atoms in total. The van der Waals surface area contributed by atoms with Crippen molar-refractivity contribution in [2.75, 3.05) is 19.0 Å². The number of nitrogens with zero attached hydrogens (tertiary/aromatic N) is 2. The van der Waals surface area contributed by atoms with Crippen LogP contribution in [0.3, 0.4) is 0 Å². The number of nitriles is 1. The lowest BCUT2D eigenvalue weighted by atomic mass is 9.72. The quantitative estimate of drug-likeness (QED) is 0.365. The van der Waals surface area contributed by atoms with Crippen LogP contribution in [0, 0.1) is 11.3 Å². The van der Waals surface area contributed by atoms with Gasteiger partial charge in [0.05, 0.1) is 17.6 Å². The van der Waals surface area contributed by atoms with Crippen molar-refractivity contribution >= 4 is 5.69 Å². The topological polar surface area (TPSA) is 47.3 Å². The first-order valence-corrected chi connectivity index (χ1v) is 12.7. The van der Waals surface area contributed by atoms with Gasteiger partial charge in [0.2, 0.25) is 0 Å². The van der Waals surface area contributed by atoms with Gasteiger partial charge in [-0.25, -0.2) is 0 Å². The Labute approximate surface area is 224 Å². The largest absolute Gasteiger partial charge is 0.507 e. The standard InChI is InChI=1S/C32H37F3N2O/c1-30(2,3)26-17-22(18-27(29(26)38)31(4,5)6)28(21-11-15-24(16-12-21)37(7)8)25(19-36)20-9-13-23(14-10-20)32(33,34)35/h9-18,25,28,38H,1-8H3. The Bertz CT molecular complexity index is 1270. The van der Waals surface area contributed by atoms with Gasteiger partial charge in [-0.05, 0) is 62.9 Å². The minimum Gasteiger partial charge on any atom is -0.507 e. The lowest BCUT2D eigenvalue weighted by Crippen LogP contribution is -2.20. The summed E-state index contributed by atoms with van der Waals surface area (Å²) >= 11 is 0. The molecule has 0 radical (unpaired) electrons. The van der Waals surface area contributed by atoms with Crippen LogP contribution >= 0.6 is 0 Å². The van der Waals surface area contributed by atoms with E-state index in [-0.39, 0.29) is 16.6 Å². The van der Waals surface area contributed by atoms with Gasteiger partial charge < -0.3 is 10.0 Å². The molecule has 0 aromatic heterocycles. The molecule has 0 spiro atoms. The smallest absolute Gasteiger partial charge is 0.416 e. The second-order valence-corrected chi connectivity index (χ2v) is 12.2. The van der Waals surface area contributed by atoms with E-state index in [1.807, 2.05) is 96.9 Å². The number of rotatable bonds is 5. The molecule has 0 fully saturated rings. The minimum absolute atomic E-state index is 0.235. The summed E-state index contributed by atoms with van der Waals surface area (Å²) < 4.78 is 39.8. The van der Waals surface area contributed by atoms with Gasteiger partial charge in [0.25, 0.3) is 0 Å². The third-order valence-corrected chi connectivity index (χ3v) is 6.95. The number of hydrogen-bond donors (Lipinski definition) is 1. The number of benzene rings is 3. The Morgan fingerprint density at radius 1 is 0.737 bits per heavy atom. The molecule has 0 aliphatic rings. The summed E-state index contributed by atoms with van der Waals surface area (Å²) in [5, 5.41) is 21.7. The molecular formula is C32H37F3N2O. The van der Waals surface area contributed by atoms with Crippen LogP contribution < -0.4 is 4.90 Å². The second-order valence-electron chi connectivity index (χ2n) is 12.2.